The SMILES string of the molecule is Cn1c(-c2cccc(O)c2)ccc(N)c1=O. The molecule has 0 fully saturated rings. The maximum atomic E-state index is 11.6. The predicted octanol–water partition coefficient (Wildman–Crippen LogP) is 1.34. The summed E-state index contributed by atoms with van der Waals surface area (Å²) in [5, 5.41) is 9.38. The Balaban J connectivity index is 2.66. The number of aromatic hydroxyl groups is 1. The number of hydrogen-bond donors (Lipinski definition) is 2. The summed E-state index contributed by atoms with van der Waals surface area (Å²) in [5.74, 6) is 0.168. The number of nitrogens with zero attached hydrogens (tertiary/aromatic N) is 1. The normalized spacial score (nSPS) is 10.3. The van der Waals surface area contributed by atoms with Crippen LogP contribution in [-0.2, 0) is 7.05 Å². The van der Waals surface area contributed by atoms with Gasteiger partial charge in [-0.2, -0.15) is 0 Å². The summed E-state index contributed by atoms with van der Waals surface area (Å²) >= 11 is 0. The smallest absolute Gasteiger partial charge is 0.273 e. The first-order chi connectivity index (χ1) is 7.59. The summed E-state index contributed by atoms with van der Waals surface area (Å²) in [6.07, 6.45) is 0. The first-order valence-electron chi connectivity index (χ1n) is 4.84. The molecule has 0 spiro atoms. The van der Waals surface area contributed by atoms with E-state index in [1.165, 1.54) is 4.57 Å². The molecule has 82 valence electrons. The van der Waals surface area contributed by atoms with Crippen LogP contribution in [0.5, 0.6) is 5.75 Å². The van der Waals surface area contributed by atoms with Gasteiger partial charge < -0.3 is 15.4 Å². The molecule has 1 aromatic heterocycles. The van der Waals surface area contributed by atoms with Crippen molar-refractivity contribution in [3.05, 3.63) is 46.8 Å². The number of anilines is 1. The van der Waals surface area contributed by atoms with Crippen molar-refractivity contribution in [3.63, 3.8) is 0 Å². The lowest BCUT2D eigenvalue weighted by Gasteiger charge is -2.09. The van der Waals surface area contributed by atoms with Crippen molar-refractivity contribution in [2.75, 3.05) is 5.73 Å². The second kappa shape index (κ2) is 3.73. The van der Waals surface area contributed by atoms with E-state index in [1.807, 2.05) is 6.07 Å². The van der Waals surface area contributed by atoms with Gasteiger partial charge in [0, 0.05) is 12.6 Å². The van der Waals surface area contributed by atoms with Crippen LogP contribution in [0, 0.1) is 0 Å². The Morgan fingerprint density at radius 3 is 2.69 bits per heavy atom. The fourth-order valence-electron chi connectivity index (χ4n) is 1.61. The van der Waals surface area contributed by atoms with Crippen LogP contribution < -0.4 is 11.3 Å². The first-order valence-corrected chi connectivity index (χ1v) is 4.84. The van der Waals surface area contributed by atoms with Crippen LogP contribution in [0.3, 0.4) is 0 Å². The van der Waals surface area contributed by atoms with E-state index in [-0.39, 0.29) is 17.0 Å². The van der Waals surface area contributed by atoms with Crippen molar-refractivity contribution in [2.24, 2.45) is 7.05 Å². The fraction of sp³-hybridized carbons (Fsp3) is 0.0833. The number of benzene rings is 1. The molecule has 1 heterocycles. The van der Waals surface area contributed by atoms with Crippen molar-refractivity contribution in [2.45, 2.75) is 0 Å². The standard InChI is InChI=1S/C12H12N2O2/c1-14-11(6-5-10(13)12(14)16)8-3-2-4-9(15)7-8/h2-7,15H,13H2,1H3. The van der Waals surface area contributed by atoms with Gasteiger partial charge in [0.1, 0.15) is 5.75 Å². The van der Waals surface area contributed by atoms with Crippen molar-refractivity contribution in [1.82, 2.24) is 4.57 Å². The van der Waals surface area contributed by atoms with Crippen molar-refractivity contribution in [3.8, 4) is 17.0 Å². The Morgan fingerprint density at radius 2 is 2.00 bits per heavy atom. The molecule has 2 aromatic rings. The number of hydrogen-bond acceptors (Lipinski definition) is 3. The van der Waals surface area contributed by atoms with E-state index in [1.54, 1.807) is 37.4 Å². The minimum absolute atomic E-state index is 0.168. The van der Waals surface area contributed by atoms with Gasteiger partial charge in [0.2, 0.25) is 0 Å². The molecule has 0 saturated heterocycles. The van der Waals surface area contributed by atoms with E-state index in [4.69, 9.17) is 5.73 Å². The third kappa shape index (κ3) is 1.65. The van der Waals surface area contributed by atoms with Crippen molar-refractivity contribution in [1.29, 1.82) is 0 Å². The van der Waals surface area contributed by atoms with E-state index >= 15 is 0 Å². The van der Waals surface area contributed by atoms with Gasteiger partial charge in [0.15, 0.2) is 0 Å². The minimum Gasteiger partial charge on any atom is -0.508 e. The summed E-state index contributed by atoms with van der Waals surface area (Å²) in [6, 6.07) is 10.1. The van der Waals surface area contributed by atoms with E-state index in [0.717, 1.165) is 11.3 Å². The summed E-state index contributed by atoms with van der Waals surface area (Å²) in [4.78, 5) is 11.6. The molecule has 0 aliphatic heterocycles. The lowest BCUT2D eigenvalue weighted by atomic mass is 10.1. The van der Waals surface area contributed by atoms with Crippen LogP contribution in [0.1, 0.15) is 0 Å². The van der Waals surface area contributed by atoms with E-state index in [9.17, 15) is 9.90 Å². The second-order valence-corrected chi connectivity index (χ2v) is 3.59. The lowest BCUT2D eigenvalue weighted by molar-refractivity contribution is 0.475. The number of pyridine rings is 1. The highest BCUT2D eigenvalue weighted by Gasteiger charge is 2.05. The van der Waals surface area contributed by atoms with Gasteiger partial charge in [0.25, 0.3) is 5.56 Å². The Hall–Kier alpha value is -2.23. The zero-order chi connectivity index (χ0) is 11.7. The van der Waals surface area contributed by atoms with Gasteiger partial charge in [-0.25, -0.2) is 0 Å². The number of nitrogens with two attached hydrogens (primary N) is 1. The first kappa shape index (κ1) is 10.3. The average Bonchev–Trinajstić information content (AvgIpc) is 2.26. The van der Waals surface area contributed by atoms with Crippen molar-refractivity contribution >= 4 is 5.69 Å². The van der Waals surface area contributed by atoms with Crippen LogP contribution in [0.2, 0.25) is 0 Å². The number of phenols is 1. The van der Waals surface area contributed by atoms with Crippen LogP contribution in [0.4, 0.5) is 5.69 Å². The molecule has 0 unspecified atom stereocenters. The molecule has 2 rings (SSSR count). The molecule has 0 aliphatic rings. The van der Waals surface area contributed by atoms with Crippen LogP contribution in [0.15, 0.2) is 41.2 Å². The van der Waals surface area contributed by atoms with E-state index in [0.29, 0.717) is 0 Å². The zero-order valence-electron chi connectivity index (χ0n) is 8.84. The van der Waals surface area contributed by atoms with Crippen LogP contribution in [0.25, 0.3) is 11.3 Å². The Labute approximate surface area is 92.6 Å². The number of nitrogen functional groups attached to an aromatic ring is 1. The van der Waals surface area contributed by atoms with E-state index in [2.05, 4.69) is 0 Å². The fourth-order valence-corrected chi connectivity index (χ4v) is 1.61. The minimum atomic E-state index is -0.235. The second-order valence-electron chi connectivity index (χ2n) is 3.59. The van der Waals surface area contributed by atoms with Gasteiger partial charge in [-0.05, 0) is 24.3 Å². The lowest BCUT2D eigenvalue weighted by Crippen LogP contribution is -2.21. The maximum Gasteiger partial charge on any atom is 0.273 e. The molecule has 3 N–H and O–H groups in total. The molecule has 0 atom stereocenters. The van der Waals surface area contributed by atoms with Gasteiger partial charge >= 0.3 is 0 Å². The van der Waals surface area contributed by atoms with Gasteiger partial charge in [-0.3, -0.25) is 4.79 Å². The average molecular weight is 216 g/mol. The van der Waals surface area contributed by atoms with Crippen molar-refractivity contribution < 1.29 is 5.11 Å². The highest BCUT2D eigenvalue weighted by molar-refractivity contribution is 5.63. The monoisotopic (exact) mass is 216 g/mol. The van der Waals surface area contributed by atoms with E-state index < -0.39 is 0 Å². The number of phenolic OH excluding ortho intramolecular Hbond substituents is 1. The zero-order valence-corrected chi connectivity index (χ0v) is 8.84. The topological polar surface area (TPSA) is 68.2 Å². The molecule has 1 aromatic carbocycles. The van der Waals surface area contributed by atoms with Crippen LogP contribution in [-0.4, -0.2) is 9.67 Å². The molecule has 4 nitrogen and oxygen atoms in total. The molecule has 0 saturated carbocycles. The molecule has 4 heteroatoms. The molecular formula is C12H12N2O2. The largest absolute Gasteiger partial charge is 0.508 e. The van der Waals surface area contributed by atoms with Crippen LogP contribution >= 0.6 is 0 Å². The molecule has 0 aliphatic carbocycles. The summed E-state index contributed by atoms with van der Waals surface area (Å²) in [6.45, 7) is 0. The Kier molecular flexibility index (Phi) is 2.40. The maximum absolute atomic E-state index is 11.6. The number of rotatable bonds is 1. The number of aromatic nitrogens is 1. The summed E-state index contributed by atoms with van der Waals surface area (Å²) in [5.41, 5.74) is 6.99. The summed E-state index contributed by atoms with van der Waals surface area (Å²) in [7, 11) is 1.65. The Morgan fingerprint density at radius 1 is 1.25 bits per heavy atom. The van der Waals surface area contributed by atoms with Gasteiger partial charge in [0.05, 0.1) is 11.4 Å². The molecule has 0 radical (unpaired) electrons. The molecule has 0 amide bonds. The van der Waals surface area contributed by atoms with Gasteiger partial charge in [-0.15, -0.1) is 0 Å². The summed E-state index contributed by atoms with van der Waals surface area (Å²) < 4.78 is 1.46. The Bertz CT molecular complexity index is 588. The highest BCUT2D eigenvalue weighted by Crippen LogP contribution is 2.21. The molecular weight excluding hydrogens is 204 g/mol. The van der Waals surface area contributed by atoms with Gasteiger partial charge in [-0.1, -0.05) is 12.1 Å². The molecule has 0 bridgehead atoms. The molecule has 16 heavy (non-hydrogen) atoms. The predicted molar refractivity (Wildman–Crippen MR) is 63.2 cm³/mol. The highest BCUT2D eigenvalue weighted by atomic mass is 16.3. The quantitative estimate of drug-likeness (QED) is 0.755. The third-order valence-corrected chi connectivity index (χ3v) is 2.48. The third-order valence-electron chi connectivity index (χ3n) is 2.48.